The van der Waals surface area contributed by atoms with Crippen LogP contribution in [0.3, 0.4) is 0 Å². The highest BCUT2D eigenvalue weighted by molar-refractivity contribution is 9.10. The van der Waals surface area contributed by atoms with E-state index in [0.29, 0.717) is 5.92 Å². The number of amidine groups is 1. The maximum absolute atomic E-state index is 11.0. The lowest BCUT2D eigenvalue weighted by atomic mass is 9.69. The van der Waals surface area contributed by atoms with Crippen LogP contribution in [0.1, 0.15) is 73.8 Å². The van der Waals surface area contributed by atoms with Crippen molar-refractivity contribution in [1.82, 2.24) is 5.32 Å². The number of aliphatic hydroxyl groups excluding tert-OH is 1. The zero-order chi connectivity index (χ0) is 20.3. The summed E-state index contributed by atoms with van der Waals surface area (Å²) in [6.45, 7) is 2.22. The minimum absolute atomic E-state index is 0.0580. The van der Waals surface area contributed by atoms with Gasteiger partial charge in [0.25, 0.3) is 0 Å². The Morgan fingerprint density at radius 3 is 2.63 bits per heavy atom. The van der Waals surface area contributed by atoms with Crippen molar-refractivity contribution in [2.75, 3.05) is 18.0 Å². The fraction of sp³-hybridized carbons (Fsp3) is 0.480. The van der Waals surface area contributed by atoms with Gasteiger partial charge in [0.1, 0.15) is 5.84 Å². The van der Waals surface area contributed by atoms with Crippen LogP contribution in [0.5, 0.6) is 0 Å². The number of nitrogens with one attached hydrogen (secondary N) is 1. The molecule has 0 bridgehead atoms. The van der Waals surface area contributed by atoms with Crippen molar-refractivity contribution in [1.29, 1.82) is 0 Å². The smallest absolute Gasteiger partial charge is 0.176 e. The van der Waals surface area contributed by atoms with Gasteiger partial charge in [0.05, 0.1) is 16.8 Å². The molecule has 4 nitrogen and oxygen atoms in total. The molecule has 1 atom stereocenters. The van der Waals surface area contributed by atoms with Crippen LogP contribution in [-0.4, -0.2) is 24.0 Å². The number of nitrogens with zero attached hydrogens (tertiary/aromatic N) is 2. The molecule has 0 radical (unpaired) electrons. The van der Waals surface area contributed by atoms with Crippen molar-refractivity contribution >= 4 is 33.1 Å². The highest BCUT2D eigenvalue weighted by Gasteiger charge is 2.52. The van der Waals surface area contributed by atoms with E-state index in [2.05, 4.69) is 56.5 Å². The minimum atomic E-state index is -0.807. The van der Waals surface area contributed by atoms with E-state index in [1.165, 1.54) is 48.9 Å². The van der Waals surface area contributed by atoms with Gasteiger partial charge in [-0.05, 0) is 74.0 Å². The lowest BCUT2D eigenvalue weighted by Gasteiger charge is -2.38. The first-order valence-electron chi connectivity index (χ1n) is 11.4. The molecule has 1 saturated carbocycles. The van der Waals surface area contributed by atoms with Gasteiger partial charge in [0.15, 0.2) is 6.23 Å². The Labute approximate surface area is 186 Å². The van der Waals surface area contributed by atoms with Crippen LogP contribution in [0, 0.1) is 0 Å². The quantitative estimate of drug-likeness (QED) is 0.569. The number of fused-ring (bicyclic) bond motifs is 7. The van der Waals surface area contributed by atoms with Gasteiger partial charge < -0.3 is 10.4 Å². The number of aliphatic imine (C=N–C) groups is 1. The van der Waals surface area contributed by atoms with E-state index in [-0.39, 0.29) is 5.41 Å². The second-order valence-electron chi connectivity index (χ2n) is 9.28. The zero-order valence-corrected chi connectivity index (χ0v) is 18.8. The average molecular weight is 466 g/mol. The second-order valence-corrected chi connectivity index (χ2v) is 10.1. The van der Waals surface area contributed by atoms with Crippen molar-refractivity contribution in [3.05, 3.63) is 57.6 Å². The van der Waals surface area contributed by atoms with Crippen LogP contribution in [0.15, 0.2) is 45.9 Å². The van der Waals surface area contributed by atoms with Crippen molar-refractivity contribution in [2.45, 2.75) is 62.5 Å². The summed E-state index contributed by atoms with van der Waals surface area (Å²) in [5.41, 5.74) is 6.08. The molecule has 156 valence electrons. The van der Waals surface area contributed by atoms with Crippen molar-refractivity contribution in [2.24, 2.45) is 4.99 Å². The van der Waals surface area contributed by atoms with E-state index in [1.807, 2.05) is 6.07 Å². The number of rotatable bonds is 1. The molecule has 2 N–H and O–H groups in total. The van der Waals surface area contributed by atoms with Crippen LogP contribution in [0.2, 0.25) is 0 Å². The number of piperidine rings is 1. The van der Waals surface area contributed by atoms with Gasteiger partial charge >= 0.3 is 0 Å². The number of halogens is 1. The minimum Gasteiger partial charge on any atom is -0.368 e. The first-order valence-corrected chi connectivity index (χ1v) is 12.2. The average Bonchev–Trinajstić information content (AvgIpc) is 3.04. The molecule has 3 aliphatic heterocycles. The maximum atomic E-state index is 11.0. The SMILES string of the molecule is OC1N=C2N(c3ccc(C4CCNCC4)cc3C23CCCCC3)c2cccc(Br)c21. The van der Waals surface area contributed by atoms with E-state index in [9.17, 15) is 5.11 Å². The molecule has 1 unspecified atom stereocenters. The van der Waals surface area contributed by atoms with Gasteiger partial charge in [-0.25, -0.2) is 4.99 Å². The van der Waals surface area contributed by atoms with Crippen molar-refractivity contribution in [3.8, 4) is 0 Å². The summed E-state index contributed by atoms with van der Waals surface area (Å²) in [7, 11) is 0. The summed E-state index contributed by atoms with van der Waals surface area (Å²) < 4.78 is 0.924. The van der Waals surface area contributed by atoms with Crippen LogP contribution in [0.4, 0.5) is 11.4 Å². The number of anilines is 2. The highest BCUT2D eigenvalue weighted by atomic mass is 79.9. The highest BCUT2D eigenvalue weighted by Crippen LogP contribution is 2.57. The third kappa shape index (κ3) is 2.68. The summed E-state index contributed by atoms with van der Waals surface area (Å²) in [6.07, 6.45) is 7.62. The molecule has 3 heterocycles. The lowest BCUT2D eigenvalue weighted by Crippen LogP contribution is -2.42. The fourth-order valence-corrected chi connectivity index (χ4v) is 6.78. The summed E-state index contributed by atoms with van der Waals surface area (Å²) in [5, 5.41) is 14.5. The number of aliphatic hydroxyl groups is 1. The number of hydrogen-bond donors (Lipinski definition) is 2. The Kier molecular flexibility index (Phi) is 4.55. The molecule has 0 aromatic heterocycles. The Hall–Kier alpha value is -1.69. The predicted octanol–water partition coefficient (Wildman–Crippen LogP) is 5.67. The Bertz CT molecular complexity index is 1020. The van der Waals surface area contributed by atoms with Gasteiger partial charge in [-0.15, -0.1) is 0 Å². The Balaban J connectivity index is 1.55. The van der Waals surface area contributed by atoms with Gasteiger partial charge in [-0.3, -0.25) is 4.90 Å². The molecular weight excluding hydrogens is 438 g/mol. The third-order valence-electron chi connectivity index (χ3n) is 7.71. The molecular formula is C25H28BrN3O. The van der Waals surface area contributed by atoms with E-state index in [4.69, 9.17) is 4.99 Å². The number of benzene rings is 2. The van der Waals surface area contributed by atoms with Crippen molar-refractivity contribution in [3.63, 3.8) is 0 Å². The summed E-state index contributed by atoms with van der Waals surface area (Å²) in [4.78, 5) is 7.29. The molecule has 30 heavy (non-hydrogen) atoms. The molecule has 2 fully saturated rings. The first-order chi connectivity index (χ1) is 14.7. The molecule has 1 spiro atoms. The molecule has 6 rings (SSSR count). The van der Waals surface area contributed by atoms with Crippen molar-refractivity contribution < 1.29 is 5.11 Å². The van der Waals surface area contributed by atoms with E-state index < -0.39 is 6.23 Å². The Morgan fingerprint density at radius 2 is 1.83 bits per heavy atom. The third-order valence-corrected chi connectivity index (χ3v) is 8.40. The topological polar surface area (TPSA) is 47.9 Å². The molecule has 1 saturated heterocycles. The summed E-state index contributed by atoms with van der Waals surface area (Å²) >= 11 is 3.65. The molecule has 0 amide bonds. The molecule has 5 heteroatoms. The summed E-state index contributed by atoms with van der Waals surface area (Å²) in [5.74, 6) is 1.71. The molecule has 2 aromatic rings. The maximum Gasteiger partial charge on any atom is 0.176 e. The second kappa shape index (κ2) is 7.18. The van der Waals surface area contributed by atoms with Crippen LogP contribution in [0.25, 0.3) is 0 Å². The first kappa shape index (κ1) is 19.0. The summed E-state index contributed by atoms with van der Waals surface area (Å²) in [6, 6.07) is 13.4. The van der Waals surface area contributed by atoms with Gasteiger partial charge in [0.2, 0.25) is 0 Å². The molecule has 4 aliphatic rings. The zero-order valence-electron chi connectivity index (χ0n) is 17.2. The largest absolute Gasteiger partial charge is 0.368 e. The van der Waals surface area contributed by atoms with Crippen LogP contribution >= 0.6 is 15.9 Å². The monoisotopic (exact) mass is 465 g/mol. The number of hydrogen-bond acceptors (Lipinski definition) is 4. The van der Waals surface area contributed by atoms with Gasteiger partial charge in [-0.2, -0.15) is 0 Å². The predicted molar refractivity (Wildman–Crippen MR) is 125 cm³/mol. The van der Waals surface area contributed by atoms with Crippen LogP contribution in [-0.2, 0) is 5.41 Å². The molecule has 2 aromatic carbocycles. The standard InChI is InChI=1S/C25H28BrN3O/c26-19-5-4-6-21-22(19)23(30)28-24-25(11-2-1-3-12-25)18-15-17(7-8-20(18)29(21)24)16-9-13-27-14-10-16/h4-8,15-16,23,27,30H,1-3,9-14H2. The van der Waals surface area contributed by atoms with E-state index >= 15 is 0 Å². The van der Waals surface area contributed by atoms with Crippen LogP contribution < -0.4 is 10.2 Å². The van der Waals surface area contributed by atoms with Gasteiger partial charge in [0, 0.05) is 10.0 Å². The molecule has 1 aliphatic carbocycles. The van der Waals surface area contributed by atoms with E-state index in [1.54, 1.807) is 0 Å². The normalized spacial score (nSPS) is 24.9. The lowest BCUT2D eigenvalue weighted by molar-refractivity contribution is 0.185. The van der Waals surface area contributed by atoms with Gasteiger partial charge in [-0.1, -0.05) is 53.4 Å². The van der Waals surface area contributed by atoms with E-state index in [0.717, 1.165) is 47.5 Å². The Morgan fingerprint density at radius 1 is 1.03 bits per heavy atom. The fourth-order valence-electron chi connectivity index (χ4n) is 6.22.